The number of nitrogens with one attached hydrogen (secondary N) is 1. The highest BCUT2D eigenvalue weighted by atomic mass is 16.6. The van der Waals surface area contributed by atoms with Crippen LogP contribution in [0.1, 0.15) is 6.42 Å². The topological polar surface area (TPSA) is 92.5 Å². The number of nitro groups is 1. The van der Waals surface area contributed by atoms with Crippen molar-refractivity contribution in [3.8, 4) is 0 Å². The predicted molar refractivity (Wildman–Crippen MR) is 53.3 cm³/mol. The van der Waals surface area contributed by atoms with Gasteiger partial charge in [-0.05, 0) is 6.07 Å². The number of nitrogens with zero attached hydrogens (tertiary/aromatic N) is 2. The molecule has 1 heterocycles. The average Bonchev–Trinajstić information content (AvgIpc) is 2.58. The molecular weight excluding hydrogens is 214 g/mol. The first-order chi connectivity index (χ1) is 7.58. The van der Waals surface area contributed by atoms with Crippen LogP contribution in [0, 0.1) is 10.1 Å². The van der Waals surface area contributed by atoms with E-state index in [0.717, 1.165) is 5.01 Å². The van der Waals surface area contributed by atoms with Gasteiger partial charge in [0, 0.05) is 12.1 Å². The smallest absolute Gasteiger partial charge is 0.271 e. The van der Waals surface area contributed by atoms with Gasteiger partial charge in [-0.1, -0.05) is 6.07 Å². The Morgan fingerprint density at radius 2 is 2.12 bits per heavy atom. The Kier molecular flexibility index (Phi) is 2.28. The molecule has 0 radical (unpaired) electrons. The average molecular weight is 221 g/mol. The number of carbonyl (C=O) groups excluding carboxylic acids is 2. The number of non-ortho nitro benzene ring substituents is 1. The van der Waals surface area contributed by atoms with Gasteiger partial charge in [-0.2, -0.15) is 0 Å². The van der Waals surface area contributed by atoms with E-state index < -0.39 is 16.7 Å². The number of nitro benzene ring substituents is 1. The van der Waals surface area contributed by atoms with E-state index in [9.17, 15) is 19.7 Å². The van der Waals surface area contributed by atoms with Crippen LogP contribution in [0.5, 0.6) is 0 Å². The van der Waals surface area contributed by atoms with Gasteiger partial charge < -0.3 is 0 Å². The monoisotopic (exact) mass is 221 g/mol. The lowest BCUT2D eigenvalue weighted by Gasteiger charge is -2.14. The number of amides is 2. The van der Waals surface area contributed by atoms with E-state index in [1.54, 1.807) is 0 Å². The zero-order valence-electron chi connectivity index (χ0n) is 8.04. The second-order valence-electron chi connectivity index (χ2n) is 3.22. The van der Waals surface area contributed by atoms with Crippen LogP contribution in [-0.4, -0.2) is 16.7 Å². The summed E-state index contributed by atoms with van der Waals surface area (Å²) in [5, 5.41) is 11.5. The molecule has 7 heteroatoms. The molecule has 1 aromatic rings. The number of benzene rings is 1. The van der Waals surface area contributed by atoms with Gasteiger partial charge in [0.15, 0.2) is 0 Å². The van der Waals surface area contributed by atoms with Crippen LogP contribution in [0.3, 0.4) is 0 Å². The number of hydrogen-bond donors (Lipinski definition) is 1. The fraction of sp³-hybridized carbons (Fsp3) is 0.111. The minimum absolute atomic E-state index is 0.133. The van der Waals surface area contributed by atoms with Gasteiger partial charge in [-0.15, -0.1) is 0 Å². The lowest BCUT2D eigenvalue weighted by molar-refractivity contribution is -0.384. The van der Waals surface area contributed by atoms with E-state index in [2.05, 4.69) is 5.43 Å². The molecule has 1 aromatic carbocycles. The van der Waals surface area contributed by atoms with Gasteiger partial charge in [0.1, 0.15) is 6.42 Å². The Balaban J connectivity index is 2.34. The van der Waals surface area contributed by atoms with Crippen LogP contribution >= 0.6 is 0 Å². The van der Waals surface area contributed by atoms with Crippen molar-refractivity contribution in [3.63, 3.8) is 0 Å². The Morgan fingerprint density at radius 1 is 1.38 bits per heavy atom. The molecule has 16 heavy (non-hydrogen) atoms. The Labute approximate surface area is 89.8 Å². The quantitative estimate of drug-likeness (QED) is 0.443. The van der Waals surface area contributed by atoms with E-state index >= 15 is 0 Å². The summed E-state index contributed by atoms with van der Waals surface area (Å²) in [7, 11) is 0. The second kappa shape index (κ2) is 3.61. The van der Waals surface area contributed by atoms with Crippen molar-refractivity contribution in [3.05, 3.63) is 34.4 Å². The summed E-state index contributed by atoms with van der Waals surface area (Å²) in [6.45, 7) is 0. The number of carbonyl (C=O) groups is 2. The molecule has 2 amide bonds. The van der Waals surface area contributed by atoms with Crippen LogP contribution in [0.25, 0.3) is 0 Å². The van der Waals surface area contributed by atoms with Crippen LogP contribution in [0.2, 0.25) is 0 Å². The van der Waals surface area contributed by atoms with Crippen LogP contribution in [0.15, 0.2) is 24.3 Å². The molecule has 0 bridgehead atoms. The summed E-state index contributed by atoms with van der Waals surface area (Å²) in [6, 6.07) is 5.50. The van der Waals surface area contributed by atoms with Crippen molar-refractivity contribution >= 4 is 23.2 Å². The molecule has 82 valence electrons. The van der Waals surface area contributed by atoms with Gasteiger partial charge in [0.2, 0.25) is 5.91 Å². The first-order valence-electron chi connectivity index (χ1n) is 4.45. The fourth-order valence-electron chi connectivity index (χ4n) is 1.40. The lowest BCUT2D eigenvalue weighted by atomic mass is 10.2. The molecule has 0 unspecified atom stereocenters. The molecule has 1 saturated heterocycles. The third kappa shape index (κ3) is 1.70. The first kappa shape index (κ1) is 10.1. The van der Waals surface area contributed by atoms with Crippen molar-refractivity contribution < 1.29 is 14.5 Å². The summed E-state index contributed by atoms with van der Waals surface area (Å²) >= 11 is 0. The third-order valence-corrected chi connectivity index (χ3v) is 2.10. The van der Waals surface area contributed by atoms with Crippen molar-refractivity contribution in [2.24, 2.45) is 0 Å². The fourth-order valence-corrected chi connectivity index (χ4v) is 1.40. The van der Waals surface area contributed by atoms with Crippen LogP contribution < -0.4 is 10.4 Å². The summed E-state index contributed by atoms with van der Waals surface area (Å²) in [5.41, 5.74) is 2.46. The van der Waals surface area contributed by atoms with Gasteiger partial charge in [-0.25, -0.2) is 5.01 Å². The molecular formula is C9H7N3O4. The van der Waals surface area contributed by atoms with E-state index in [4.69, 9.17) is 0 Å². The van der Waals surface area contributed by atoms with Gasteiger partial charge in [0.05, 0.1) is 10.6 Å². The molecule has 1 aliphatic heterocycles. The van der Waals surface area contributed by atoms with Crippen molar-refractivity contribution in [1.29, 1.82) is 0 Å². The third-order valence-electron chi connectivity index (χ3n) is 2.10. The molecule has 0 saturated carbocycles. The normalized spacial score (nSPS) is 15.1. The molecule has 7 nitrogen and oxygen atoms in total. The number of hydrogen-bond acceptors (Lipinski definition) is 4. The van der Waals surface area contributed by atoms with Gasteiger partial charge in [-0.3, -0.25) is 25.1 Å². The van der Waals surface area contributed by atoms with Crippen molar-refractivity contribution in [2.75, 3.05) is 5.01 Å². The Hall–Kier alpha value is -2.44. The highest BCUT2D eigenvalue weighted by Gasteiger charge is 2.28. The number of hydrazine groups is 1. The molecule has 1 fully saturated rings. The van der Waals surface area contributed by atoms with E-state index in [1.807, 2.05) is 0 Å². The molecule has 0 aliphatic carbocycles. The largest absolute Gasteiger partial charge is 0.273 e. The summed E-state index contributed by atoms with van der Waals surface area (Å²) in [6.07, 6.45) is -0.233. The molecule has 0 aromatic heterocycles. The summed E-state index contributed by atoms with van der Waals surface area (Å²) < 4.78 is 0. The zero-order chi connectivity index (χ0) is 11.7. The van der Waals surface area contributed by atoms with E-state index in [0.29, 0.717) is 0 Å². The maximum atomic E-state index is 11.3. The molecule has 2 rings (SSSR count). The predicted octanol–water partition coefficient (Wildman–Crippen LogP) is 0.363. The van der Waals surface area contributed by atoms with E-state index in [1.165, 1.54) is 24.3 Å². The molecule has 1 N–H and O–H groups in total. The maximum absolute atomic E-state index is 11.3. The molecule has 0 spiro atoms. The zero-order valence-corrected chi connectivity index (χ0v) is 8.04. The van der Waals surface area contributed by atoms with Crippen LogP contribution in [-0.2, 0) is 9.59 Å². The highest BCUT2D eigenvalue weighted by Crippen LogP contribution is 2.22. The second-order valence-corrected chi connectivity index (χ2v) is 3.22. The Bertz CT molecular complexity index is 485. The minimum atomic E-state index is -0.564. The number of rotatable bonds is 2. The molecule has 0 atom stereocenters. The number of anilines is 1. The summed E-state index contributed by atoms with van der Waals surface area (Å²) in [4.78, 5) is 32.3. The van der Waals surface area contributed by atoms with Crippen LogP contribution in [0.4, 0.5) is 11.4 Å². The van der Waals surface area contributed by atoms with Gasteiger partial charge in [0.25, 0.3) is 11.6 Å². The maximum Gasteiger partial charge on any atom is 0.271 e. The first-order valence-corrected chi connectivity index (χ1v) is 4.45. The van der Waals surface area contributed by atoms with Gasteiger partial charge >= 0.3 is 0 Å². The highest BCUT2D eigenvalue weighted by molar-refractivity contribution is 6.11. The van der Waals surface area contributed by atoms with Crippen molar-refractivity contribution in [1.82, 2.24) is 5.43 Å². The SMILES string of the molecule is O=C1CC(=O)N(c2cccc([N+](=O)[O-])c2)N1. The van der Waals surface area contributed by atoms with E-state index in [-0.39, 0.29) is 17.8 Å². The lowest BCUT2D eigenvalue weighted by Crippen LogP contribution is -2.35. The minimum Gasteiger partial charge on any atom is -0.273 e. The molecule has 1 aliphatic rings. The summed E-state index contributed by atoms with van der Waals surface area (Å²) in [5.74, 6) is -0.845. The Morgan fingerprint density at radius 3 is 2.69 bits per heavy atom. The van der Waals surface area contributed by atoms with Crippen molar-refractivity contribution in [2.45, 2.75) is 6.42 Å². The standard InChI is InChI=1S/C9H7N3O4/c13-8-5-9(14)11(10-8)6-2-1-3-7(4-6)12(15)16/h1-4H,5H2,(H,10,13).